The van der Waals surface area contributed by atoms with Crippen molar-refractivity contribution in [2.45, 2.75) is 38.6 Å². The van der Waals surface area contributed by atoms with Gasteiger partial charge in [-0.1, -0.05) is 25.2 Å². The molecule has 2 rings (SSSR count). The van der Waals surface area contributed by atoms with E-state index in [1.807, 2.05) is 18.2 Å². The Morgan fingerprint density at radius 3 is 2.61 bits per heavy atom. The Hall–Kier alpha value is -1.16. The Labute approximate surface area is 114 Å². The number of hydrogen-bond acceptors (Lipinski definition) is 3. The first-order chi connectivity index (χ1) is 8.58. The van der Waals surface area contributed by atoms with Crippen LogP contribution < -0.4 is 10.6 Å². The molecule has 0 spiro atoms. The topological polar surface area (TPSA) is 42.1 Å². The average molecular weight is 263 g/mol. The molecule has 1 fully saturated rings. The van der Waals surface area contributed by atoms with E-state index in [4.69, 9.17) is 18.0 Å². The Kier molecular flexibility index (Phi) is 4.17. The highest BCUT2D eigenvalue weighted by Crippen LogP contribution is 2.28. The lowest BCUT2D eigenvalue weighted by Gasteiger charge is -2.34. The van der Waals surface area contributed by atoms with Gasteiger partial charge in [0.15, 0.2) is 0 Å². The van der Waals surface area contributed by atoms with Crippen LogP contribution in [0.3, 0.4) is 0 Å². The second-order valence-electron chi connectivity index (χ2n) is 5.27. The number of aromatic nitrogens is 1. The minimum absolute atomic E-state index is 0.363. The summed E-state index contributed by atoms with van der Waals surface area (Å²) < 4.78 is 0. The van der Waals surface area contributed by atoms with Crippen LogP contribution in [0.1, 0.15) is 38.3 Å². The summed E-state index contributed by atoms with van der Waals surface area (Å²) in [7, 11) is 2.12. The van der Waals surface area contributed by atoms with Gasteiger partial charge in [0.2, 0.25) is 0 Å². The summed E-state index contributed by atoms with van der Waals surface area (Å²) in [5, 5.41) is 0. The predicted molar refractivity (Wildman–Crippen MR) is 79.9 cm³/mol. The van der Waals surface area contributed by atoms with Gasteiger partial charge in [-0.05, 0) is 43.7 Å². The zero-order valence-corrected chi connectivity index (χ0v) is 11.9. The Morgan fingerprint density at radius 1 is 1.33 bits per heavy atom. The number of nitrogens with zero attached hydrogens (tertiary/aromatic N) is 2. The first-order valence-corrected chi connectivity index (χ1v) is 6.98. The highest BCUT2D eigenvalue weighted by atomic mass is 32.1. The van der Waals surface area contributed by atoms with Crippen LogP contribution in [0.5, 0.6) is 0 Å². The van der Waals surface area contributed by atoms with Gasteiger partial charge in [-0.2, -0.15) is 0 Å². The van der Waals surface area contributed by atoms with Crippen molar-refractivity contribution in [3.8, 4) is 0 Å². The fourth-order valence-electron chi connectivity index (χ4n) is 2.57. The Bertz CT molecular complexity index is 425. The van der Waals surface area contributed by atoms with Gasteiger partial charge in [0.25, 0.3) is 0 Å². The molecule has 0 atom stereocenters. The maximum Gasteiger partial charge on any atom is 0.129 e. The predicted octanol–water partition coefficient (Wildman–Crippen LogP) is 2.73. The van der Waals surface area contributed by atoms with Gasteiger partial charge in [0, 0.05) is 13.1 Å². The molecule has 1 aliphatic rings. The van der Waals surface area contributed by atoms with Crippen molar-refractivity contribution in [2.24, 2.45) is 11.7 Å². The first kappa shape index (κ1) is 13.3. The van der Waals surface area contributed by atoms with E-state index in [9.17, 15) is 0 Å². The minimum atomic E-state index is 0.363. The lowest BCUT2D eigenvalue weighted by atomic mass is 9.87. The number of anilines is 1. The molecule has 0 amide bonds. The molecule has 0 aromatic carbocycles. The lowest BCUT2D eigenvalue weighted by molar-refractivity contribution is 0.340. The van der Waals surface area contributed by atoms with Crippen LogP contribution in [-0.2, 0) is 0 Å². The maximum absolute atomic E-state index is 5.63. The SMILES string of the molecule is CC1CCC(N(C)c2cccc(C(N)=S)n2)CC1. The molecule has 2 N–H and O–H groups in total. The summed E-state index contributed by atoms with van der Waals surface area (Å²) in [6.45, 7) is 2.34. The summed E-state index contributed by atoms with van der Waals surface area (Å²) in [5.41, 5.74) is 6.34. The number of rotatable bonds is 3. The number of thiocarbonyl (C=S) groups is 1. The molecule has 4 heteroatoms. The molecule has 0 aliphatic heterocycles. The average Bonchev–Trinajstić information content (AvgIpc) is 2.39. The van der Waals surface area contributed by atoms with Crippen LogP contribution in [-0.4, -0.2) is 23.1 Å². The summed E-state index contributed by atoms with van der Waals surface area (Å²) in [5.74, 6) is 1.84. The van der Waals surface area contributed by atoms with Crippen molar-refractivity contribution in [2.75, 3.05) is 11.9 Å². The van der Waals surface area contributed by atoms with Gasteiger partial charge in [-0.3, -0.25) is 0 Å². The third-order valence-electron chi connectivity index (χ3n) is 3.88. The molecular weight excluding hydrogens is 242 g/mol. The first-order valence-electron chi connectivity index (χ1n) is 6.57. The van der Waals surface area contributed by atoms with E-state index >= 15 is 0 Å². The standard InChI is InChI=1S/C14H21N3S/c1-10-6-8-11(9-7-10)17(2)13-5-3-4-12(16-13)14(15)18/h3-5,10-11H,6-9H2,1-2H3,(H2,15,18). The van der Waals surface area contributed by atoms with Gasteiger partial charge in [-0.25, -0.2) is 4.98 Å². The molecular formula is C14H21N3S. The van der Waals surface area contributed by atoms with E-state index in [0.29, 0.717) is 16.7 Å². The van der Waals surface area contributed by atoms with Crippen molar-refractivity contribution in [1.82, 2.24) is 4.98 Å². The summed E-state index contributed by atoms with van der Waals surface area (Å²) in [6, 6.07) is 6.46. The van der Waals surface area contributed by atoms with E-state index in [-0.39, 0.29) is 0 Å². The van der Waals surface area contributed by atoms with Crippen LogP contribution in [0.2, 0.25) is 0 Å². The molecule has 0 saturated heterocycles. The second-order valence-corrected chi connectivity index (χ2v) is 5.71. The zero-order chi connectivity index (χ0) is 13.1. The monoisotopic (exact) mass is 263 g/mol. The molecule has 1 aliphatic carbocycles. The smallest absolute Gasteiger partial charge is 0.129 e. The fourth-order valence-corrected chi connectivity index (χ4v) is 2.69. The Morgan fingerprint density at radius 2 is 2.00 bits per heavy atom. The molecule has 18 heavy (non-hydrogen) atoms. The minimum Gasteiger partial charge on any atom is -0.388 e. The summed E-state index contributed by atoms with van der Waals surface area (Å²) in [4.78, 5) is 7.16. The molecule has 0 radical (unpaired) electrons. The van der Waals surface area contributed by atoms with Gasteiger partial charge in [0.05, 0.1) is 5.69 Å². The third kappa shape index (κ3) is 2.99. The van der Waals surface area contributed by atoms with Crippen LogP contribution in [0.25, 0.3) is 0 Å². The van der Waals surface area contributed by atoms with Crippen molar-refractivity contribution in [1.29, 1.82) is 0 Å². The van der Waals surface area contributed by atoms with Crippen LogP contribution in [0.15, 0.2) is 18.2 Å². The van der Waals surface area contributed by atoms with Gasteiger partial charge in [-0.15, -0.1) is 0 Å². The highest BCUT2D eigenvalue weighted by Gasteiger charge is 2.22. The van der Waals surface area contributed by atoms with E-state index in [1.165, 1.54) is 25.7 Å². The van der Waals surface area contributed by atoms with Gasteiger partial charge >= 0.3 is 0 Å². The van der Waals surface area contributed by atoms with Crippen molar-refractivity contribution >= 4 is 23.0 Å². The van der Waals surface area contributed by atoms with Crippen molar-refractivity contribution in [3.63, 3.8) is 0 Å². The summed E-state index contributed by atoms with van der Waals surface area (Å²) in [6.07, 6.45) is 5.11. The molecule has 0 unspecified atom stereocenters. The van der Waals surface area contributed by atoms with Crippen LogP contribution in [0.4, 0.5) is 5.82 Å². The molecule has 1 aromatic rings. The number of nitrogens with two attached hydrogens (primary N) is 1. The summed E-state index contributed by atoms with van der Waals surface area (Å²) >= 11 is 4.98. The molecule has 0 bridgehead atoms. The van der Waals surface area contributed by atoms with Gasteiger partial charge < -0.3 is 10.6 Å². The van der Waals surface area contributed by atoms with E-state index in [0.717, 1.165) is 11.7 Å². The van der Waals surface area contributed by atoms with E-state index in [1.54, 1.807) is 0 Å². The zero-order valence-electron chi connectivity index (χ0n) is 11.1. The van der Waals surface area contributed by atoms with Gasteiger partial charge in [0.1, 0.15) is 10.8 Å². The molecule has 1 saturated carbocycles. The quantitative estimate of drug-likeness (QED) is 0.852. The van der Waals surface area contributed by atoms with E-state index in [2.05, 4.69) is 23.9 Å². The lowest BCUT2D eigenvalue weighted by Crippen LogP contribution is -2.35. The molecule has 98 valence electrons. The van der Waals surface area contributed by atoms with Crippen molar-refractivity contribution in [3.05, 3.63) is 23.9 Å². The van der Waals surface area contributed by atoms with Crippen LogP contribution >= 0.6 is 12.2 Å². The van der Waals surface area contributed by atoms with E-state index < -0.39 is 0 Å². The molecule has 1 aromatic heterocycles. The Balaban J connectivity index is 2.10. The van der Waals surface area contributed by atoms with Crippen LogP contribution in [0, 0.1) is 5.92 Å². The maximum atomic E-state index is 5.63. The largest absolute Gasteiger partial charge is 0.388 e. The van der Waals surface area contributed by atoms with Crippen molar-refractivity contribution < 1.29 is 0 Å². The normalized spacial score (nSPS) is 23.7. The number of pyridine rings is 1. The molecule has 3 nitrogen and oxygen atoms in total. The molecule has 1 heterocycles. The number of hydrogen-bond donors (Lipinski definition) is 1. The fraction of sp³-hybridized carbons (Fsp3) is 0.571. The highest BCUT2D eigenvalue weighted by molar-refractivity contribution is 7.80. The second kappa shape index (κ2) is 5.65. The third-order valence-corrected chi connectivity index (χ3v) is 4.09.